The number of hydrogen-bond acceptors (Lipinski definition) is 4. The summed E-state index contributed by atoms with van der Waals surface area (Å²) in [6, 6.07) is 21.3. The molecule has 2 aromatic carbocycles. The highest BCUT2D eigenvalue weighted by atomic mass is 32.1. The number of pyridine rings is 1. The fourth-order valence-corrected chi connectivity index (χ4v) is 4.31. The van der Waals surface area contributed by atoms with Crippen molar-refractivity contribution in [2.24, 2.45) is 0 Å². The first-order valence-corrected chi connectivity index (χ1v) is 11.3. The van der Waals surface area contributed by atoms with E-state index in [1.165, 1.54) is 5.56 Å². The molecule has 0 aliphatic carbocycles. The van der Waals surface area contributed by atoms with E-state index < -0.39 is 5.97 Å². The van der Waals surface area contributed by atoms with Crippen molar-refractivity contribution in [1.29, 1.82) is 0 Å². The molecule has 2 aromatic heterocycles. The summed E-state index contributed by atoms with van der Waals surface area (Å²) in [5.41, 5.74) is 5.45. The normalized spacial score (nSPS) is 10.8. The van der Waals surface area contributed by atoms with Crippen LogP contribution in [0.1, 0.15) is 12.0 Å². The van der Waals surface area contributed by atoms with Crippen LogP contribution in [0.3, 0.4) is 0 Å². The quantitative estimate of drug-likeness (QED) is 0.378. The molecule has 4 aromatic rings. The number of carbonyl (C=O) groups is 1. The number of carboxylic acid groups (broad SMARTS) is 1. The van der Waals surface area contributed by atoms with Crippen LogP contribution in [0.15, 0.2) is 88.5 Å². The molecule has 0 atom stereocenters. The molecule has 2 heterocycles. The first-order valence-electron chi connectivity index (χ1n) is 10.4. The Morgan fingerprint density at radius 2 is 1.78 bits per heavy atom. The topological polar surface area (TPSA) is 68.5 Å². The van der Waals surface area contributed by atoms with E-state index in [2.05, 4.69) is 29.0 Å². The van der Waals surface area contributed by atoms with E-state index in [0.29, 0.717) is 12.3 Å². The average Bonchev–Trinajstić information content (AvgIpc) is 3.34. The van der Waals surface area contributed by atoms with E-state index in [9.17, 15) is 9.59 Å². The SMILES string of the molecule is O=C(O)COc1cccc(CCCn2cc(-c3ccccc3-c3ccsc3)ccc2=O)c1. The maximum absolute atomic E-state index is 12.5. The van der Waals surface area contributed by atoms with Gasteiger partial charge in [-0.15, -0.1) is 0 Å². The molecular weight excluding hydrogens is 422 g/mol. The average molecular weight is 446 g/mol. The third-order valence-electron chi connectivity index (χ3n) is 5.18. The van der Waals surface area contributed by atoms with Crippen molar-refractivity contribution in [1.82, 2.24) is 4.57 Å². The third kappa shape index (κ3) is 5.34. The van der Waals surface area contributed by atoms with E-state index in [4.69, 9.17) is 9.84 Å². The summed E-state index contributed by atoms with van der Waals surface area (Å²) in [5, 5.41) is 12.9. The molecule has 0 bridgehead atoms. The van der Waals surface area contributed by atoms with Gasteiger partial charge >= 0.3 is 5.97 Å². The van der Waals surface area contributed by atoms with E-state index >= 15 is 0 Å². The lowest BCUT2D eigenvalue weighted by atomic mass is 9.97. The van der Waals surface area contributed by atoms with Gasteiger partial charge < -0.3 is 14.4 Å². The minimum absolute atomic E-state index is 0.0275. The number of hydrogen-bond donors (Lipinski definition) is 1. The monoisotopic (exact) mass is 445 g/mol. The van der Waals surface area contributed by atoms with Crippen molar-refractivity contribution in [3.05, 3.63) is 99.6 Å². The summed E-state index contributed by atoms with van der Waals surface area (Å²) in [4.78, 5) is 23.1. The highest BCUT2D eigenvalue weighted by Gasteiger charge is 2.09. The number of aliphatic carboxylic acids is 1. The van der Waals surface area contributed by atoms with E-state index in [-0.39, 0.29) is 12.2 Å². The van der Waals surface area contributed by atoms with Gasteiger partial charge in [-0.1, -0.05) is 36.4 Å². The summed E-state index contributed by atoms with van der Waals surface area (Å²) in [7, 11) is 0. The van der Waals surface area contributed by atoms with Gasteiger partial charge in [0.05, 0.1) is 0 Å². The highest BCUT2D eigenvalue weighted by Crippen LogP contribution is 2.32. The second-order valence-electron chi connectivity index (χ2n) is 7.44. The van der Waals surface area contributed by atoms with Crippen molar-refractivity contribution in [3.63, 3.8) is 0 Å². The number of nitrogens with zero attached hydrogens (tertiary/aromatic N) is 1. The lowest BCUT2D eigenvalue weighted by Gasteiger charge is -2.12. The van der Waals surface area contributed by atoms with Crippen LogP contribution in [0.2, 0.25) is 0 Å². The molecule has 0 aliphatic heterocycles. The maximum Gasteiger partial charge on any atom is 0.341 e. The van der Waals surface area contributed by atoms with Crippen molar-refractivity contribution in [2.75, 3.05) is 6.61 Å². The standard InChI is InChI=1S/C26H23NO4S/c28-25-11-10-20(23-8-1-2-9-24(23)21-12-14-32-18-21)16-27(25)13-4-6-19-5-3-7-22(15-19)31-17-26(29)30/h1-3,5,7-12,14-16,18H,4,6,13,17H2,(H,29,30). The maximum atomic E-state index is 12.5. The van der Waals surface area contributed by atoms with Crippen molar-refractivity contribution in [2.45, 2.75) is 19.4 Å². The molecule has 0 saturated carbocycles. The lowest BCUT2D eigenvalue weighted by molar-refractivity contribution is -0.139. The Hall–Kier alpha value is -3.64. The van der Waals surface area contributed by atoms with Gasteiger partial charge in [0.1, 0.15) is 5.75 Å². The van der Waals surface area contributed by atoms with Gasteiger partial charge in [-0.05, 0) is 75.7 Å². The molecular formula is C26H23NO4S. The van der Waals surface area contributed by atoms with Gasteiger partial charge in [0.15, 0.2) is 6.61 Å². The van der Waals surface area contributed by atoms with Crippen LogP contribution in [-0.2, 0) is 17.8 Å². The third-order valence-corrected chi connectivity index (χ3v) is 5.86. The van der Waals surface area contributed by atoms with Gasteiger partial charge in [0.2, 0.25) is 0 Å². The molecule has 0 aliphatic rings. The minimum Gasteiger partial charge on any atom is -0.482 e. The molecule has 32 heavy (non-hydrogen) atoms. The largest absolute Gasteiger partial charge is 0.482 e. The molecule has 1 N–H and O–H groups in total. The van der Waals surface area contributed by atoms with Crippen LogP contribution >= 0.6 is 11.3 Å². The number of carboxylic acids is 1. The number of ether oxygens (including phenoxy) is 1. The smallest absolute Gasteiger partial charge is 0.341 e. The fourth-order valence-electron chi connectivity index (χ4n) is 3.66. The zero-order valence-corrected chi connectivity index (χ0v) is 18.3. The zero-order valence-electron chi connectivity index (χ0n) is 17.4. The summed E-state index contributed by atoms with van der Waals surface area (Å²) < 4.78 is 7.00. The summed E-state index contributed by atoms with van der Waals surface area (Å²) in [6.07, 6.45) is 3.46. The van der Waals surface area contributed by atoms with Crippen LogP contribution in [0.25, 0.3) is 22.3 Å². The molecule has 5 nitrogen and oxygen atoms in total. The fraction of sp³-hybridized carbons (Fsp3) is 0.154. The van der Waals surface area contributed by atoms with Crippen LogP contribution in [0.4, 0.5) is 0 Å². The molecule has 0 fully saturated rings. The Morgan fingerprint density at radius 3 is 2.53 bits per heavy atom. The first kappa shape index (κ1) is 21.6. The molecule has 0 amide bonds. The number of aryl methyl sites for hydroxylation is 2. The Balaban J connectivity index is 1.48. The van der Waals surface area contributed by atoms with E-state index in [1.807, 2.05) is 42.6 Å². The van der Waals surface area contributed by atoms with Gasteiger partial charge in [-0.3, -0.25) is 4.79 Å². The number of rotatable bonds is 9. The van der Waals surface area contributed by atoms with E-state index in [0.717, 1.165) is 35.1 Å². The second-order valence-corrected chi connectivity index (χ2v) is 8.22. The Morgan fingerprint density at radius 1 is 0.969 bits per heavy atom. The molecule has 0 radical (unpaired) electrons. The van der Waals surface area contributed by atoms with Crippen LogP contribution in [-0.4, -0.2) is 22.2 Å². The van der Waals surface area contributed by atoms with Crippen molar-refractivity contribution >= 4 is 17.3 Å². The van der Waals surface area contributed by atoms with Crippen molar-refractivity contribution < 1.29 is 14.6 Å². The van der Waals surface area contributed by atoms with Crippen molar-refractivity contribution in [3.8, 4) is 28.0 Å². The van der Waals surface area contributed by atoms with Gasteiger partial charge in [0.25, 0.3) is 5.56 Å². The molecule has 6 heteroatoms. The van der Waals surface area contributed by atoms with Gasteiger partial charge in [-0.2, -0.15) is 11.3 Å². The Labute approximate surface area is 190 Å². The lowest BCUT2D eigenvalue weighted by Crippen LogP contribution is -2.19. The molecule has 4 rings (SSSR count). The zero-order chi connectivity index (χ0) is 22.3. The molecule has 0 unspecified atom stereocenters. The number of aromatic nitrogens is 1. The summed E-state index contributed by atoms with van der Waals surface area (Å²) in [6.45, 7) is 0.228. The Kier molecular flexibility index (Phi) is 6.82. The van der Waals surface area contributed by atoms with Crippen LogP contribution < -0.4 is 10.3 Å². The van der Waals surface area contributed by atoms with Gasteiger partial charge in [0, 0.05) is 18.8 Å². The highest BCUT2D eigenvalue weighted by molar-refractivity contribution is 7.08. The summed E-state index contributed by atoms with van der Waals surface area (Å²) >= 11 is 1.67. The number of thiophene rings is 1. The summed E-state index contributed by atoms with van der Waals surface area (Å²) in [5.74, 6) is -0.468. The molecule has 0 spiro atoms. The molecule has 0 saturated heterocycles. The van der Waals surface area contributed by atoms with Crippen LogP contribution in [0, 0.1) is 0 Å². The van der Waals surface area contributed by atoms with Crippen LogP contribution in [0.5, 0.6) is 5.75 Å². The minimum atomic E-state index is -1.00. The number of benzene rings is 2. The molecule has 162 valence electrons. The van der Waals surface area contributed by atoms with Gasteiger partial charge in [-0.25, -0.2) is 4.79 Å². The van der Waals surface area contributed by atoms with E-state index in [1.54, 1.807) is 28.0 Å². The second kappa shape index (κ2) is 10.1. The predicted octanol–water partition coefficient (Wildman–Crippen LogP) is 5.34. The Bertz CT molecular complexity index is 1260. The predicted molar refractivity (Wildman–Crippen MR) is 127 cm³/mol. The first-order chi connectivity index (χ1) is 15.6.